The van der Waals surface area contributed by atoms with E-state index in [-0.39, 0.29) is 24.0 Å². The molecule has 0 amide bonds. The first-order valence-corrected chi connectivity index (χ1v) is 8.27. The van der Waals surface area contributed by atoms with Crippen LogP contribution in [0.4, 0.5) is 0 Å². The molecule has 0 spiro atoms. The molecular weight excluding hydrogens is 395 g/mol. The molecule has 0 aliphatic carbocycles. The van der Waals surface area contributed by atoms with Crippen molar-refractivity contribution < 1.29 is 0 Å². The summed E-state index contributed by atoms with van der Waals surface area (Å²) in [5, 5.41) is 4.57. The monoisotopic (exact) mass is 422 g/mol. The van der Waals surface area contributed by atoms with Gasteiger partial charge >= 0.3 is 0 Å². The molecular formula is C15H27IN4S. The van der Waals surface area contributed by atoms with E-state index in [0.717, 1.165) is 42.4 Å². The van der Waals surface area contributed by atoms with E-state index in [1.54, 1.807) is 11.3 Å². The number of thiazole rings is 1. The maximum Gasteiger partial charge on any atom is 0.194 e. The summed E-state index contributed by atoms with van der Waals surface area (Å²) in [6, 6.07) is 0. The van der Waals surface area contributed by atoms with Crippen LogP contribution in [0.25, 0.3) is 0 Å². The van der Waals surface area contributed by atoms with Crippen molar-refractivity contribution in [3.8, 4) is 0 Å². The summed E-state index contributed by atoms with van der Waals surface area (Å²) in [5.41, 5.74) is 0. The fourth-order valence-corrected chi connectivity index (χ4v) is 3.58. The van der Waals surface area contributed by atoms with Crippen LogP contribution < -0.4 is 5.32 Å². The molecule has 0 bridgehead atoms. The van der Waals surface area contributed by atoms with Crippen molar-refractivity contribution in [2.75, 3.05) is 20.1 Å². The highest BCUT2D eigenvalue weighted by Gasteiger charge is 2.25. The molecule has 0 saturated carbocycles. The van der Waals surface area contributed by atoms with Crippen molar-refractivity contribution >= 4 is 41.3 Å². The predicted molar refractivity (Wildman–Crippen MR) is 102 cm³/mol. The number of likely N-dealkylation sites (tertiary alicyclic amines) is 1. The number of aliphatic imine (C=N–C) groups is 1. The van der Waals surface area contributed by atoms with Gasteiger partial charge in [0.1, 0.15) is 5.01 Å². The van der Waals surface area contributed by atoms with Gasteiger partial charge in [0.15, 0.2) is 5.96 Å². The Labute approximate surface area is 149 Å². The zero-order chi connectivity index (χ0) is 14.5. The first-order chi connectivity index (χ1) is 9.58. The van der Waals surface area contributed by atoms with Gasteiger partial charge < -0.3 is 10.2 Å². The third-order valence-corrected chi connectivity index (χ3v) is 4.58. The molecule has 1 fully saturated rings. The molecule has 1 atom stereocenters. The zero-order valence-corrected chi connectivity index (χ0v) is 16.6. The Morgan fingerprint density at radius 1 is 1.57 bits per heavy atom. The summed E-state index contributed by atoms with van der Waals surface area (Å²) < 4.78 is 0. The van der Waals surface area contributed by atoms with Gasteiger partial charge in [-0.2, -0.15) is 0 Å². The van der Waals surface area contributed by atoms with E-state index in [0.29, 0.717) is 0 Å². The summed E-state index contributed by atoms with van der Waals surface area (Å²) in [5.74, 6) is 2.62. The standard InChI is InChI=1S/C15H26N4S.HI/c1-11(2)7-13-5-6-19(10-13)15(16-4)18-9-14-17-8-12(3)20-14;/h8,11,13H,5-7,9-10H2,1-4H3,(H,16,18);1H. The third-order valence-electron chi connectivity index (χ3n) is 3.67. The van der Waals surface area contributed by atoms with Crippen molar-refractivity contribution in [2.45, 2.75) is 40.2 Å². The quantitative estimate of drug-likeness (QED) is 0.459. The van der Waals surface area contributed by atoms with Crippen molar-refractivity contribution in [1.82, 2.24) is 15.2 Å². The summed E-state index contributed by atoms with van der Waals surface area (Å²) >= 11 is 1.74. The lowest BCUT2D eigenvalue weighted by atomic mass is 9.97. The van der Waals surface area contributed by atoms with E-state index in [1.807, 2.05) is 13.2 Å². The van der Waals surface area contributed by atoms with E-state index in [4.69, 9.17) is 0 Å². The predicted octanol–water partition coefficient (Wildman–Crippen LogP) is 3.51. The lowest BCUT2D eigenvalue weighted by Gasteiger charge is -2.21. The molecule has 6 heteroatoms. The summed E-state index contributed by atoms with van der Waals surface area (Å²) in [6.45, 7) is 9.73. The number of halogens is 1. The lowest BCUT2D eigenvalue weighted by Crippen LogP contribution is -2.39. The van der Waals surface area contributed by atoms with Crippen LogP contribution in [0, 0.1) is 18.8 Å². The molecule has 4 nitrogen and oxygen atoms in total. The van der Waals surface area contributed by atoms with Crippen LogP contribution in [0.1, 0.15) is 36.6 Å². The van der Waals surface area contributed by atoms with Gasteiger partial charge in [-0.1, -0.05) is 13.8 Å². The van der Waals surface area contributed by atoms with Crippen LogP contribution in [-0.4, -0.2) is 36.0 Å². The highest BCUT2D eigenvalue weighted by atomic mass is 127. The molecule has 2 heterocycles. The molecule has 0 aromatic carbocycles. The SMILES string of the molecule is CN=C(NCc1ncc(C)s1)N1CCC(CC(C)C)C1.I. The average molecular weight is 422 g/mol. The molecule has 1 aliphatic heterocycles. The molecule has 120 valence electrons. The maximum atomic E-state index is 4.41. The first-order valence-electron chi connectivity index (χ1n) is 7.45. The number of nitrogens with one attached hydrogen (secondary N) is 1. The molecule has 1 N–H and O–H groups in total. The molecule has 1 aromatic heterocycles. The topological polar surface area (TPSA) is 40.5 Å². The van der Waals surface area contributed by atoms with Crippen molar-refractivity contribution in [1.29, 1.82) is 0 Å². The molecule has 1 aliphatic rings. The van der Waals surface area contributed by atoms with Crippen molar-refractivity contribution in [3.63, 3.8) is 0 Å². The van der Waals surface area contributed by atoms with Gasteiger partial charge in [-0.05, 0) is 31.6 Å². The summed E-state index contributed by atoms with van der Waals surface area (Å²) in [6.07, 6.45) is 4.54. The second-order valence-corrected chi connectivity index (χ2v) is 7.32. The van der Waals surface area contributed by atoms with Gasteiger partial charge in [-0.15, -0.1) is 35.3 Å². The van der Waals surface area contributed by atoms with Crippen LogP contribution in [0.3, 0.4) is 0 Å². The van der Waals surface area contributed by atoms with E-state index in [2.05, 4.69) is 41.0 Å². The molecule has 0 radical (unpaired) electrons. The van der Waals surface area contributed by atoms with Crippen molar-refractivity contribution in [2.24, 2.45) is 16.8 Å². The van der Waals surface area contributed by atoms with Gasteiger partial charge in [-0.3, -0.25) is 4.99 Å². The summed E-state index contributed by atoms with van der Waals surface area (Å²) in [4.78, 5) is 12.4. The Balaban J connectivity index is 0.00000220. The van der Waals surface area contributed by atoms with Crippen LogP contribution >= 0.6 is 35.3 Å². The zero-order valence-electron chi connectivity index (χ0n) is 13.4. The average Bonchev–Trinajstić information content (AvgIpc) is 2.99. The van der Waals surface area contributed by atoms with E-state index in [9.17, 15) is 0 Å². The van der Waals surface area contributed by atoms with Gasteiger partial charge in [-0.25, -0.2) is 4.98 Å². The third kappa shape index (κ3) is 5.73. The highest BCUT2D eigenvalue weighted by molar-refractivity contribution is 14.0. The molecule has 21 heavy (non-hydrogen) atoms. The Kier molecular flexibility index (Phi) is 7.94. The number of nitrogens with zero attached hydrogens (tertiary/aromatic N) is 3. The number of rotatable bonds is 4. The largest absolute Gasteiger partial charge is 0.350 e. The van der Waals surface area contributed by atoms with Gasteiger partial charge in [0.2, 0.25) is 0 Å². The van der Waals surface area contributed by atoms with E-state index in [1.165, 1.54) is 17.7 Å². The van der Waals surface area contributed by atoms with Gasteiger partial charge in [0.05, 0.1) is 6.54 Å². The Hall–Kier alpha value is -0.370. The first kappa shape index (κ1) is 18.7. The minimum Gasteiger partial charge on any atom is -0.350 e. The molecule has 1 aromatic rings. The molecule has 1 unspecified atom stereocenters. The second-order valence-electron chi connectivity index (χ2n) is 6.00. The number of hydrogen-bond acceptors (Lipinski definition) is 3. The normalized spacial score (nSPS) is 19.0. The fraction of sp³-hybridized carbons (Fsp3) is 0.733. The Morgan fingerprint density at radius 2 is 2.33 bits per heavy atom. The fourth-order valence-electron chi connectivity index (χ4n) is 2.85. The van der Waals surface area contributed by atoms with Crippen molar-refractivity contribution in [3.05, 3.63) is 16.1 Å². The lowest BCUT2D eigenvalue weighted by molar-refractivity contribution is 0.403. The van der Waals surface area contributed by atoms with Crippen LogP contribution in [0.2, 0.25) is 0 Å². The van der Waals surface area contributed by atoms with E-state index < -0.39 is 0 Å². The van der Waals surface area contributed by atoms with Gasteiger partial charge in [0.25, 0.3) is 0 Å². The van der Waals surface area contributed by atoms with Crippen LogP contribution in [-0.2, 0) is 6.54 Å². The highest BCUT2D eigenvalue weighted by Crippen LogP contribution is 2.23. The minimum atomic E-state index is 0. The maximum absolute atomic E-state index is 4.41. The minimum absolute atomic E-state index is 0. The smallest absolute Gasteiger partial charge is 0.194 e. The number of guanidine groups is 1. The van der Waals surface area contributed by atoms with Crippen LogP contribution in [0.5, 0.6) is 0 Å². The van der Waals surface area contributed by atoms with E-state index >= 15 is 0 Å². The number of aryl methyl sites for hydroxylation is 1. The summed E-state index contributed by atoms with van der Waals surface area (Å²) in [7, 11) is 1.87. The Bertz CT molecular complexity index is 458. The van der Waals surface area contributed by atoms with Gasteiger partial charge in [0, 0.05) is 31.2 Å². The number of aromatic nitrogens is 1. The Morgan fingerprint density at radius 3 is 2.90 bits per heavy atom. The molecule has 1 saturated heterocycles. The second kappa shape index (κ2) is 8.92. The van der Waals surface area contributed by atoms with Crippen LogP contribution in [0.15, 0.2) is 11.2 Å². The number of hydrogen-bond donors (Lipinski definition) is 1. The molecule has 2 rings (SSSR count).